The van der Waals surface area contributed by atoms with Crippen molar-refractivity contribution in [2.24, 2.45) is 5.92 Å². The van der Waals surface area contributed by atoms with Crippen LogP contribution in [0.3, 0.4) is 0 Å². The summed E-state index contributed by atoms with van der Waals surface area (Å²) >= 11 is 0. The highest BCUT2D eigenvalue weighted by atomic mass is 32.2. The van der Waals surface area contributed by atoms with Crippen molar-refractivity contribution in [3.8, 4) is 5.88 Å². The van der Waals surface area contributed by atoms with Gasteiger partial charge >= 0.3 is 0 Å². The van der Waals surface area contributed by atoms with Crippen molar-refractivity contribution >= 4 is 15.7 Å². The molecule has 3 heterocycles. The molecule has 1 aromatic rings. The maximum Gasteiger partial charge on any atom is 0.254 e. The molecule has 0 aromatic carbocycles. The zero-order chi connectivity index (χ0) is 17.4. The first-order valence-corrected chi connectivity index (χ1v) is 10.9. The highest BCUT2D eigenvalue weighted by Crippen LogP contribution is 2.34. The molecule has 0 bridgehead atoms. The fourth-order valence-electron chi connectivity index (χ4n) is 4.30. The number of hydrogen-bond donors (Lipinski definition) is 0. The van der Waals surface area contributed by atoms with Crippen LogP contribution in [-0.4, -0.2) is 54.4 Å². The lowest BCUT2D eigenvalue weighted by atomic mass is 9.98. The van der Waals surface area contributed by atoms with E-state index in [9.17, 15) is 13.2 Å². The molecule has 2 atom stereocenters. The fraction of sp³-hybridized carbons (Fsp3) is 0.667. The quantitative estimate of drug-likeness (QED) is 0.820. The highest BCUT2D eigenvalue weighted by Gasteiger charge is 2.47. The van der Waals surface area contributed by atoms with E-state index in [1.807, 2.05) is 0 Å². The van der Waals surface area contributed by atoms with Crippen LogP contribution < -0.4 is 4.74 Å². The molecule has 1 amide bonds. The van der Waals surface area contributed by atoms with Gasteiger partial charge in [0.25, 0.3) is 5.91 Å². The van der Waals surface area contributed by atoms with Gasteiger partial charge in [-0.3, -0.25) is 4.79 Å². The maximum atomic E-state index is 12.8. The summed E-state index contributed by atoms with van der Waals surface area (Å²) in [6.07, 6.45) is 8.12. The van der Waals surface area contributed by atoms with E-state index in [1.54, 1.807) is 23.2 Å². The van der Waals surface area contributed by atoms with E-state index >= 15 is 0 Å². The Hall–Kier alpha value is -1.63. The number of nitrogens with zero attached hydrogens (tertiary/aromatic N) is 2. The molecule has 4 rings (SSSR count). The van der Waals surface area contributed by atoms with Crippen molar-refractivity contribution in [2.75, 3.05) is 18.8 Å². The number of fused-ring (bicyclic) bond motifs is 1. The average Bonchev–Trinajstić information content (AvgIpc) is 3.16. The van der Waals surface area contributed by atoms with Crippen molar-refractivity contribution in [3.63, 3.8) is 0 Å². The molecule has 0 unspecified atom stereocenters. The summed E-state index contributed by atoms with van der Waals surface area (Å²) in [6, 6.07) is 3.37. The van der Waals surface area contributed by atoms with Crippen LogP contribution in [-0.2, 0) is 9.84 Å². The monoisotopic (exact) mass is 364 g/mol. The number of carbonyl (C=O) groups excluding carboxylic acids is 1. The second-order valence-corrected chi connectivity index (χ2v) is 9.76. The fourth-order valence-corrected chi connectivity index (χ4v) is 6.45. The third-order valence-electron chi connectivity index (χ3n) is 5.72. The zero-order valence-electron chi connectivity index (χ0n) is 14.3. The van der Waals surface area contributed by atoms with Crippen LogP contribution in [0.2, 0.25) is 0 Å². The molecule has 3 aliphatic rings. The van der Waals surface area contributed by atoms with E-state index in [4.69, 9.17) is 4.74 Å². The first-order valence-electron chi connectivity index (χ1n) is 9.16. The minimum absolute atomic E-state index is 0.0914. The molecule has 25 heavy (non-hydrogen) atoms. The number of hydrogen-bond acceptors (Lipinski definition) is 5. The van der Waals surface area contributed by atoms with Crippen LogP contribution >= 0.6 is 0 Å². The molecule has 1 saturated carbocycles. The topological polar surface area (TPSA) is 76.6 Å². The molecule has 1 aromatic heterocycles. The molecule has 0 radical (unpaired) electrons. The molecule has 2 saturated heterocycles. The average molecular weight is 364 g/mol. The van der Waals surface area contributed by atoms with Gasteiger partial charge in [0.2, 0.25) is 5.88 Å². The Morgan fingerprint density at radius 3 is 2.72 bits per heavy atom. The van der Waals surface area contributed by atoms with Crippen molar-refractivity contribution in [1.29, 1.82) is 0 Å². The van der Waals surface area contributed by atoms with Gasteiger partial charge in [0.05, 0.1) is 11.0 Å². The van der Waals surface area contributed by atoms with Gasteiger partial charge in [-0.15, -0.1) is 0 Å². The minimum Gasteiger partial charge on any atom is -0.474 e. The van der Waals surface area contributed by atoms with Crippen LogP contribution in [0.15, 0.2) is 18.3 Å². The van der Waals surface area contributed by atoms with Crippen molar-refractivity contribution < 1.29 is 17.9 Å². The first kappa shape index (κ1) is 16.8. The number of likely N-dealkylation sites (tertiary alicyclic amines) is 1. The summed E-state index contributed by atoms with van der Waals surface area (Å²) in [5.41, 5.74) is 0.526. The molecular weight excluding hydrogens is 340 g/mol. The molecular formula is C18H24N2O4S. The Labute approximate surface area is 148 Å². The predicted octanol–water partition coefficient (Wildman–Crippen LogP) is 2.05. The number of aromatic nitrogens is 1. The van der Waals surface area contributed by atoms with E-state index in [1.165, 1.54) is 19.3 Å². The van der Waals surface area contributed by atoms with Crippen molar-refractivity contribution in [2.45, 2.75) is 49.9 Å². The Kier molecular flexibility index (Phi) is 4.43. The Balaban J connectivity index is 1.45. The standard InChI is InChI=1S/C18H24N2O4S/c21-18(20-11-14-7-9-25(22,23)16(14)12-20)13-6-8-19-17(10-13)24-15-4-2-1-3-5-15/h6,8,10,14-16H,1-5,7,9,11-12H2/t14-,16+/m0/s1. The van der Waals surface area contributed by atoms with Gasteiger partial charge in [0.15, 0.2) is 9.84 Å². The summed E-state index contributed by atoms with van der Waals surface area (Å²) in [5, 5.41) is -0.378. The molecule has 2 aliphatic heterocycles. The second-order valence-electron chi connectivity index (χ2n) is 7.42. The third-order valence-corrected chi connectivity index (χ3v) is 7.99. The Morgan fingerprint density at radius 2 is 1.96 bits per heavy atom. The zero-order valence-corrected chi connectivity index (χ0v) is 15.1. The number of amides is 1. The summed E-state index contributed by atoms with van der Waals surface area (Å²) in [7, 11) is -3.03. The molecule has 136 valence electrons. The number of carbonyl (C=O) groups is 1. The molecule has 3 fully saturated rings. The van der Waals surface area contributed by atoms with Gasteiger partial charge in [0.1, 0.15) is 6.10 Å². The summed E-state index contributed by atoms with van der Waals surface area (Å²) in [4.78, 5) is 18.7. The molecule has 0 spiro atoms. The van der Waals surface area contributed by atoms with E-state index in [0.29, 0.717) is 31.0 Å². The smallest absolute Gasteiger partial charge is 0.254 e. The van der Waals surface area contributed by atoms with Crippen LogP contribution in [0.1, 0.15) is 48.9 Å². The van der Waals surface area contributed by atoms with Gasteiger partial charge in [-0.2, -0.15) is 0 Å². The lowest BCUT2D eigenvalue weighted by Crippen LogP contribution is -2.32. The third kappa shape index (κ3) is 3.38. The highest BCUT2D eigenvalue weighted by molar-refractivity contribution is 7.92. The van der Waals surface area contributed by atoms with Gasteiger partial charge < -0.3 is 9.64 Å². The number of ether oxygens (including phenoxy) is 1. The molecule has 7 heteroatoms. The Bertz CT molecular complexity index is 758. The van der Waals surface area contributed by atoms with E-state index in [-0.39, 0.29) is 28.9 Å². The summed E-state index contributed by atoms with van der Waals surface area (Å²) < 4.78 is 30.0. The predicted molar refractivity (Wildman–Crippen MR) is 93.3 cm³/mol. The molecule has 0 N–H and O–H groups in total. The van der Waals surface area contributed by atoms with E-state index in [2.05, 4.69) is 4.98 Å². The van der Waals surface area contributed by atoms with Gasteiger partial charge in [-0.1, -0.05) is 6.42 Å². The van der Waals surface area contributed by atoms with E-state index < -0.39 is 9.84 Å². The number of pyridine rings is 1. The van der Waals surface area contributed by atoms with Crippen LogP contribution in [0.5, 0.6) is 5.88 Å². The van der Waals surface area contributed by atoms with Crippen LogP contribution in [0.4, 0.5) is 0 Å². The normalized spacial score (nSPS) is 28.7. The number of sulfone groups is 1. The molecule has 1 aliphatic carbocycles. The van der Waals surface area contributed by atoms with Crippen molar-refractivity contribution in [3.05, 3.63) is 23.9 Å². The van der Waals surface area contributed by atoms with Gasteiger partial charge in [-0.25, -0.2) is 13.4 Å². The summed E-state index contributed by atoms with van der Waals surface area (Å²) in [5.74, 6) is 0.720. The van der Waals surface area contributed by atoms with E-state index in [0.717, 1.165) is 12.8 Å². The van der Waals surface area contributed by atoms with Crippen molar-refractivity contribution in [1.82, 2.24) is 9.88 Å². The maximum absolute atomic E-state index is 12.8. The SMILES string of the molecule is O=C(c1ccnc(OC2CCCCC2)c1)N1C[C@@H]2CCS(=O)(=O)[C@@H]2C1. The minimum atomic E-state index is -3.03. The largest absolute Gasteiger partial charge is 0.474 e. The first-order chi connectivity index (χ1) is 12.0. The second kappa shape index (κ2) is 6.59. The lowest BCUT2D eigenvalue weighted by molar-refractivity contribution is 0.0785. The molecule has 6 nitrogen and oxygen atoms in total. The lowest BCUT2D eigenvalue weighted by Gasteiger charge is -2.23. The van der Waals surface area contributed by atoms with Crippen LogP contribution in [0, 0.1) is 5.92 Å². The summed E-state index contributed by atoms with van der Waals surface area (Å²) in [6.45, 7) is 0.844. The van der Waals surface area contributed by atoms with Gasteiger partial charge in [0, 0.05) is 30.9 Å². The number of rotatable bonds is 3. The Morgan fingerprint density at radius 1 is 1.16 bits per heavy atom. The van der Waals surface area contributed by atoms with Crippen LogP contribution in [0.25, 0.3) is 0 Å². The van der Waals surface area contributed by atoms with Gasteiger partial charge in [-0.05, 0) is 44.1 Å².